The number of hydrogen-bond acceptors (Lipinski definition) is 2. The Kier molecular flexibility index (Phi) is 3.15. The van der Waals surface area contributed by atoms with Crippen molar-refractivity contribution >= 4 is 11.9 Å². The molecule has 2 fully saturated rings. The van der Waals surface area contributed by atoms with E-state index in [1.54, 1.807) is 0 Å². The summed E-state index contributed by atoms with van der Waals surface area (Å²) in [6.45, 7) is 6.90. The molecule has 1 aliphatic heterocycles. The van der Waals surface area contributed by atoms with Gasteiger partial charge in [-0.1, -0.05) is 33.6 Å². The molecule has 2 rings (SSSR count). The van der Waals surface area contributed by atoms with Crippen LogP contribution in [0.4, 0.5) is 4.79 Å². The van der Waals surface area contributed by atoms with Crippen LogP contribution < -0.4 is 5.32 Å². The Morgan fingerprint density at radius 2 is 2.00 bits per heavy atom. The van der Waals surface area contributed by atoms with E-state index in [1.165, 1.54) is 12.8 Å². The van der Waals surface area contributed by atoms with Crippen molar-refractivity contribution in [2.45, 2.75) is 52.5 Å². The smallest absolute Gasteiger partial charge is 0.320 e. The first-order valence-electron chi connectivity index (χ1n) is 6.53. The molecule has 0 bridgehead atoms. The van der Waals surface area contributed by atoms with Gasteiger partial charge in [-0.3, -0.25) is 10.1 Å². The van der Waals surface area contributed by atoms with Crippen LogP contribution in [0.2, 0.25) is 0 Å². The fraction of sp³-hybridized carbons (Fsp3) is 0.846. The molecule has 4 nitrogen and oxygen atoms in total. The van der Waals surface area contributed by atoms with E-state index in [-0.39, 0.29) is 29.3 Å². The average Bonchev–Trinajstić information content (AvgIpc) is 2.23. The molecule has 4 heteroatoms. The number of nitrogens with one attached hydrogen (secondary N) is 1. The number of hydrogen-bond donors (Lipinski definition) is 1. The molecule has 0 spiro atoms. The molecule has 2 atom stereocenters. The second kappa shape index (κ2) is 4.31. The normalized spacial score (nSPS) is 33.5. The maximum Gasteiger partial charge on any atom is 0.324 e. The Morgan fingerprint density at radius 1 is 1.29 bits per heavy atom. The van der Waals surface area contributed by atoms with Crippen LogP contribution in [0.3, 0.4) is 0 Å². The molecular formula is C13H22N2O2. The zero-order valence-corrected chi connectivity index (χ0v) is 11.0. The summed E-state index contributed by atoms with van der Waals surface area (Å²) in [6.07, 6.45) is 4.64. The predicted molar refractivity (Wildman–Crippen MR) is 65.4 cm³/mol. The minimum atomic E-state index is -0.201. The molecule has 0 aromatic heterocycles. The molecule has 3 amide bonds. The van der Waals surface area contributed by atoms with E-state index in [2.05, 4.69) is 19.2 Å². The van der Waals surface area contributed by atoms with Gasteiger partial charge in [-0.25, -0.2) is 4.79 Å². The summed E-state index contributed by atoms with van der Waals surface area (Å²) in [5, 5.41) is 2.46. The third-order valence-electron chi connectivity index (χ3n) is 4.24. The summed E-state index contributed by atoms with van der Waals surface area (Å²) in [5.74, 6) is -0.231. The van der Waals surface area contributed by atoms with E-state index in [1.807, 2.05) is 11.8 Å². The van der Waals surface area contributed by atoms with Crippen LogP contribution in [0.5, 0.6) is 0 Å². The molecule has 0 aromatic rings. The summed E-state index contributed by atoms with van der Waals surface area (Å²) in [5.41, 5.74) is 0.162. The number of rotatable bonds is 1. The molecule has 1 saturated heterocycles. The van der Waals surface area contributed by atoms with Crippen molar-refractivity contribution in [1.82, 2.24) is 10.2 Å². The van der Waals surface area contributed by atoms with Crippen molar-refractivity contribution in [1.29, 1.82) is 0 Å². The molecule has 96 valence electrons. The molecule has 1 saturated carbocycles. The zero-order chi connectivity index (χ0) is 12.6. The van der Waals surface area contributed by atoms with E-state index >= 15 is 0 Å². The standard InChI is InChI=1S/C13H22N2O2/c1-9-8-15(12(17)14-11(9)16)10-6-4-5-7-13(10,2)3/h9-10H,4-8H2,1-3H3,(H,14,16,17). The third-order valence-corrected chi connectivity index (χ3v) is 4.24. The monoisotopic (exact) mass is 238 g/mol. The van der Waals surface area contributed by atoms with Crippen LogP contribution in [-0.4, -0.2) is 29.4 Å². The summed E-state index contributed by atoms with van der Waals surface area (Å²) >= 11 is 0. The topological polar surface area (TPSA) is 49.4 Å². The predicted octanol–water partition coefficient (Wildman–Crippen LogP) is 2.14. The highest BCUT2D eigenvalue weighted by Gasteiger charge is 2.41. The quantitative estimate of drug-likeness (QED) is 0.761. The SMILES string of the molecule is CC1CN(C2CCCCC2(C)C)C(=O)NC1=O. The second-order valence-electron chi connectivity index (χ2n) is 6.10. The largest absolute Gasteiger partial charge is 0.324 e. The summed E-state index contributed by atoms with van der Waals surface area (Å²) in [6, 6.07) is 0.0693. The lowest BCUT2D eigenvalue weighted by Crippen LogP contribution is -2.60. The van der Waals surface area contributed by atoms with Gasteiger partial charge in [-0.2, -0.15) is 0 Å². The maximum absolute atomic E-state index is 11.9. The van der Waals surface area contributed by atoms with Crippen molar-refractivity contribution in [3.05, 3.63) is 0 Å². The molecule has 1 N–H and O–H groups in total. The van der Waals surface area contributed by atoms with E-state index in [0.29, 0.717) is 6.54 Å². The van der Waals surface area contributed by atoms with Crippen LogP contribution in [0.15, 0.2) is 0 Å². The van der Waals surface area contributed by atoms with Gasteiger partial charge in [0.15, 0.2) is 0 Å². The molecule has 0 radical (unpaired) electrons. The van der Waals surface area contributed by atoms with Crippen LogP contribution in [-0.2, 0) is 4.79 Å². The summed E-state index contributed by atoms with van der Waals surface area (Å²) in [7, 11) is 0. The van der Waals surface area contributed by atoms with Crippen molar-refractivity contribution in [3.63, 3.8) is 0 Å². The Labute approximate surface area is 103 Å². The minimum Gasteiger partial charge on any atom is -0.320 e. The number of carbonyl (C=O) groups is 2. The van der Waals surface area contributed by atoms with Crippen LogP contribution in [0.1, 0.15) is 46.5 Å². The minimum absolute atomic E-state index is 0.0922. The average molecular weight is 238 g/mol. The van der Waals surface area contributed by atoms with E-state index < -0.39 is 0 Å². The van der Waals surface area contributed by atoms with Crippen molar-refractivity contribution in [2.24, 2.45) is 11.3 Å². The fourth-order valence-electron chi connectivity index (χ4n) is 3.08. The fourth-order valence-corrected chi connectivity index (χ4v) is 3.08. The first-order valence-corrected chi connectivity index (χ1v) is 6.53. The molecule has 1 aliphatic carbocycles. The highest BCUT2D eigenvalue weighted by atomic mass is 16.2. The molecule has 2 aliphatic rings. The van der Waals surface area contributed by atoms with E-state index in [4.69, 9.17) is 0 Å². The van der Waals surface area contributed by atoms with Gasteiger partial charge in [0.05, 0.1) is 5.92 Å². The van der Waals surface area contributed by atoms with Crippen molar-refractivity contribution in [3.8, 4) is 0 Å². The maximum atomic E-state index is 11.9. The van der Waals surface area contributed by atoms with E-state index in [0.717, 1.165) is 12.8 Å². The van der Waals surface area contributed by atoms with Gasteiger partial charge >= 0.3 is 6.03 Å². The van der Waals surface area contributed by atoms with Gasteiger partial charge in [-0.15, -0.1) is 0 Å². The van der Waals surface area contributed by atoms with Gasteiger partial charge < -0.3 is 4.90 Å². The summed E-state index contributed by atoms with van der Waals surface area (Å²) in [4.78, 5) is 25.2. The zero-order valence-electron chi connectivity index (χ0n) is 11.0. The lowest BCUT2D eigenvalue weighted by Gasteiger charge is -2.47. The highest BCUT2D eigenvalue weighted by Crippen LogP contribution is 2.39. The van der Waals surface area contributed by atoms with Crippen LogP contribution in [0, 0.1) is 11.3 Å². The Bertz CT molecular complexity index is 338. The second-order valence-corrected chi connectivity index (χ2v) is 6.10. The van der Waals surface area contributed by atoms with Crippen LogP contribution >= 0.6 is 0 Å². The molecule has 1 heterocycles. The van der Waals surface area contributed by atoms with Crippen LogP contribution in [0.25, 0.3) is 0 Å². The van der Waals surface area contributed by atoms with Gasteiger partial charge in [0, 0.05) is 12.6 Å². The number of urea groups is 1. The summed E-state index contributed by atoms with van der Waals surface area (Å²) < 4.78 is 0. The lowest BCUT2D eigenvalue weighted by atomic mass is 9.72. The molecule has 2 unspecified atom stereocenters. The Hall–Kier alpha value is -1.06. The molecule has 17 heavy (non-hydrogen) atoms. The lowest BCUT2D eigenvalue weighted by molar-refractivity contribution is -0.126. The van der Waals surface area contributed by atoms with Crippen molar-refractivity contribution < 1.29 is 9.59 Å². The van der Waals surface area contributed by atoms with Crippen molar-refractivity contribution in [2.75, 3.05) is 6.54 Å². The van der Waals surface area contributed by atoms with E-state index in [9.17, 15) is 9.59 Å². The molecular weight excluding hydrogens is 216 g/mol. The van der Waals surface area contributed by atoms with Gasteiger partial charge in [0.1, 0.15) is 0 Å². The Balaban J connectivity index is 2.15. The first kappa shape index (κ1) is 12.4. The number of imide groups is 1. The number of amides is 3. The molecule has 0 aromatic carbocycles. The first-order chi connectivity index (χ1) is 7.92. The number of nitrogens with zero attached hydrogens (tertiary/aromatic N) is 1. The highest BCUT2D eigenvalue weighted by molar-refractivity contribution is 5.97. The third kappa shape index (κ3) is 2.31. The van der Waals surface area contributed by atoms with Gasteiger partial charge in [-0.05, 0) is 18.3 Å². The van der Waals surface area contributed by atoms with Gasteiger partial charge in [0.25, 0.3) is 0 Å². The number of carbonyl (C=O) groups excluding carboxylic acids is 2. The Morgan fingerprint density at radius 3 is 2.65 bits per heavy atom. The van der Waals surface area contributed by atoms with Gasteiger partial charge in [0.2, 0.25) is 5.91 Å².